The van der Waals surface area contributed by atoms with Crippen molar-refractivity contribution in [3.63, 3.8) is 0 Å². The molecule has 2 amide bonds. The Morgan fingerprint density at radius 2 is 1.52 bits per heavy atom. The van der Waals surface area contributed by atoms with Crippen molar-refractivity contribution in [2.24, 2.45) is 0 Å². The molecule has 0 radical (unpaired) electrons. The van der Waals surface area contributed by atoms with Crippen LogP contribution in [-0.4, -0.2) is 18.2 Å². The average Bonchev–Trinajstić information content (AvgIpc) is 2.98. The van der Waals surface area contributed by atoms with Crippen LogP contribution < -0.4 is 15.0 Å². The van der Waals surface area contributed by atoms with Crippen molar-refractivity contribution in [1.29, 1.82) is 0 Å². The molecule has 3 aromatic rings. The second kappa shape index (κ2) is 8.38. The van der Waals surface area contributed by atoms with Gasteiger partial charge in [0.05, 0.1) is 11.3 Å². The molecule has 168 valence electrons. The number of carbonyl (C=O) groups excluding carboxylic acids is 2. The third-order valence-corrected chi connectivity index (χ3v) is 4.65. The Hall–Kier alpha value is -4.21. The molecule has 5 nitrogen and oxygen atoms in total. The minimum Gasteiger partial charge on any atom is -0.406 e. The maximum Gasteiger partial charge on any atom is 0.573 e. The molecule has 0 saturated heterocycles. The van der Waals surface area contributed by atoms with Gasteiger partial charge in [0.15, 0.2) is 0 Å². The summed E-state index contributed by atoms with van der Waals surface area (Å²) in [6.07, 6.45) is -4.93. The van der Waals surface area contributed by atoms with Crippen molar-refractivity contribution < 1.29 is 36.3 Å². The third-order valence-electron chi connectivity index (χ3n) is 4.65. The fourth-order valence-electron chi connectivity index (χ4n) is 3.30. The zero-order chi connectivity index (χ0) is 23.8. The van der Waals surface area contributed by atoms with Gasteiger partial charge in [0.2, 0.25) is 0 Å². The van der Waals surface area contributed by atoms with Crippen LogP contribution in [0.2, 0.25) is 0 Å². The number of nitrogens with zero attached hydrogens (tertiary/aromatic N) is 1. The van der Waals surface area contributed by atoms with Gasteiger partial charge in [-0.2, -0.15) is 0 Å². The number of nitrogens with one attached hydrogen (secondary N) is 1. The van der Waals surface area contributed by atoms with Crippen LogP contribution in [0.4, 0.5) is 33.3 Å². The third kappa shape index (κ3) is 4.54. The summed E-state index contributed by atoms with van der Waals surface area (Å²) in [5.41, 5.74) is -0.677. The van der Waals surface area contributed by atoms with Crippen molar-refractivity contribution in [3.8, 4) is 5.75 Å². The fourth-order valence-corrected chi connectivity index (χ4v) is 3.30. The quantitative estimate of drug-likeness (QED) is 0.417. The Bertz CT molecular complexity index is 1270. The van der Waals surface area contributed by atoms with Crippen LogP contribution in [0.25, 0.3) is 5.57 Å². The first-order valence-corrected chi connectivity index (χ1v) is 9.40. The molecule has 0 fully saturated rings. The largest absolute Gasteiger partial charge is 0.573 e. The molecule has 0 saturated carbocycles. The Morgan fingerprint density at radius 3 is 2.18 bits per heavy atom. The van der Waals surface area contributed by atoms with Crippen LogP contribution in [0.15, 0.2) is 78.5 Å². The molecule has 33 heavy (non-hydrogen) atoms. The summed E-state index contributed by atoms with van der Waals surface area (Å²) in [4.78, 5) is 27.0. The number of hydrogen-bond acceptors (Lipinski definition) is 4. The topological polar surface area (TPSA) is 58.6 Å². The second-order valence-corrected chi connectivity index (χ2v) is 6.85. The number of rotatable bonds is 5. The molecule has 1 aliphatic heterocycles. The number of para-hydroxylation sites is 1. The van der Waals surface area contributed by atoms with Gasteiger partial charge < -0.3 is 10.1 Å². The molecule has 4 rings (SSSR count). The number of ether oxygens (including phenoxy) is 1. The lowest BCUT2D eigenvalue weighted by Crippen LogP contribution is -2.33. The first kappa shape index (κ1) is 22.0. The molecule has 10 heteroatoms. The predicted octanol–water partition coefficient (Wildman–Crippen LogP) is 5.26. The summed E-state index contributed by atoms with van der Waals surface area (Å²) >= 11 is 0. The van der Waals surface area contributed by atoms with Crippen LogP contribution >= 0.6 is 0 Å². The number of carbonyl (C=O) groups is 2. The van der Waals surface area contributed by atoms with Crippen LogP contribution in [0.5, 0.6) is 5.75 Å². The van der Waals surface area contributed by atoms with Gasteiger partial charge in [0.25, 0.3) is 11.8 Å². The molecule has 3 aromatic carbocycles. The fraction of sp³-hybridized carbons (Fsp3) is 0.0435. The van der Waals surface area contributed by atoms with E-state index in [9.17, 15) is 31.5 Å². The molecule has 1 N–H and O–H groups in total. The lowest BCUT2D eigenvalue weighted by atomic mass is 10.0. The second-order valence-electron chi connectivity index (χ2n) is 6.85. The highest BCUT2D eigenvalue weighted by atomic mass is 19.4. The number of alkyl halides is 3. The van der Waals surface area contributed by atoms with Crippen molar-refractivity contribution in [2.75, 3.05) is 10.2 Å². The number of amides is 2. The molecule has 0 atom stereocenters. The van der Waals surface area contributed by atoms with Gasteiger partial charge in [-0.1, -0.05) is 30.3 Å². The smallest absolute Gasteiger partial charge is 0.406 e. The molecule has 0 spiro atoms. The summed E-state index contributed by atoms with van der Waals surface area (Å²) in [6, 6.07) is 14.4. The van der Waals surface area contributed by atoms with Crippen molar-refractivity contribution >= 4 is 28.8 Å². The van der Waals surface area contributed by atoms with E-state index in [2.05, 4.69) is 10.1 Å². The molecule has 1 aliphatic rings. The molecule has 1 heterocycles. The van der Waals surface area contributed by atoms with E-state index in [1.165, 1.54) is 42.5 Å². The highest BCUT2D eigenvalue weighted by Crippen LogP contribution is 2.35. The van der Waals surface area contributed by atoms with Gasteiger partial charge in [-0.25, -0.2) is 13.7 Å². The maximum absolute atomic E-state index is 14.4. The van der Waals surface area contributed by atoms with Crippen molar-refractivity contribution in [2.45, 2.75) is 6.36 Å². The molecule has 0 aliphatic carbocycles. The summed E-state index contributed by atoms with van der Waals surface area (Å²) in [7, 11) is 0. The lowest BCUT2D eigenvalue weighted by Gasteiger charge is -2.16. The highest BCUT2D eigenvalue weighted by molar-refractivity contribution is 6.46. The molecular weight excluding hydrogens is 447 g/mol. The first-order chi connectivity index (χ1) is 15.6. The number of benzene rings is 3. The van der Waals surface area contributed by atoms with Gasteiger partial charge >= 0.3 is 6.36 Å². The van der Waals surface area contributed by atoms with Crippen LogP contribution in [0.3, 0.4) is 0 Å². The zero-order valence-electron chi connectivity index (χ0n) is 16.5. The molecular formula is C23H13F5N2O3. The summed E-state index contributed by atoms with van der Waals surface area (Å²) in [6.45, 7) is 0. The summed E-state index contributed by atoms with van der Waals surface area (Å²) in [5.74, 6) is -3.80. The molecule has 0 aromatic heterocycles. The Kier molecular flexibility index (Phi) is 5.59. The van der Waals surface area contributed by atoms with Gasteiger partial charge in [0.1, 0.15) is 23.1 Å². The normalized spacial score (nSPS) is 14.2. The Balaban J connectivity index is 1.79. The van der Waals surface area contributed by atoms with Gasteiger partial charge in [0, 0.05) is 11.8 Å². The number of hydrogen-bond donors (Lipinski definition) is 1. The molecule has 0 bridgehead atoms. The first-order valence-electron chi connectivity index (χ1n) is 9.40. The minimum atomic E-state index is -4.93. The SMILES string of the molecule is O=C1C(Nc2cccc(OC(F)(F)F)c2)=C(c2ccc(F)cc2)C(=O)N1c1ccccc1F. The van der Waals surface area contributed by atoms with Crippen LogP contribution in [0.1, 0.15) is 5.56 Å². The van der Waals surface area contributed by atoms with E-state index in [1.54, 1.807) is 0 Å². The van der Waals surface area contributed by atoms with E-state index < -0.39 is 35.6 Å². The lowest BCUT2D eigenvalue weighted by molar-refractivity contribution is -0.274. The highest BCUT2D eigenvalue weighted by Gasteiger charge is 2.41. The van der Waals surface area contributed by atoms with E-state index in [-0.39, 0.29) is 28.2 Å². The van der Waals surface area contributed by atoms with Crippen molar-refractivity contribution in [1.82, 2.24) is 0 Å². The summed E-state index contributed by atoms with van der Waals surface area (Å²) in [5, 5.41) is 2.63. The standard InChI is InChI=1S/C23H13F5N2O3/c24-14-10-8-13(9-11-14)19-20(29-15-4-3-5-16(12-15)33-23(26,27)28)22(32)30(21(19)31)18-7-2-1-6-17(18)25/h1-12,29H. The van der Waals surface area contributed by atoms with Gasteiger partial charge in [-0.3, -0.25) is 9.59 Å². The zero-order valence-corrected chi connectivity index (χ0v) is 16.5. The number of imide groups is 1. The van der Waals surface area contributed by atoms with Crippen LogP contribution in [-0.2, 0) is 9.59 Å². The van der Waals surface area contributed by atoms with E-state index in [0.717, 1.165) is 30.3 Å². The Morgan fingerprint density at radius 1 is 0.818 bits per heavy atom. The number of halogens is 5. The van der Waals surface area contributed by atoms with E-state index >= 15 is 0 Å². The minimum absolute atomic E-state index is 0.00268. The van der Waals surface area contributed by atoms with Crippen LogP contribution in [0, 0.1) is 11.6 Å². The van der Waals surface area contributed by atoms with E-state index in [0.29, 0.717) is 4.90 Å². The average molecular weight is 460 g/mol. The molecule has 0 unspecified atom stereocenters. The maximum atomic E-state index is 14.4. The van der Waals surface area contributed by atoms with E-state index in [1.807, 2.05) is 0 Å². The predicted molar refractivity (Wildman–Crippen MR) is 109 cm³/mol. The van der Waals surface area contributed by atoms with Crippen molar-refractivity contribution in [3.05, 3.63) is 95.7 Å². The number of anilines is 2. The van der Waals surface area contributed by atoms with Gasteiger partial charge in [-0.15, -0.1) is 13.2 Å². The van der Waals surface area contributed by atoms with Gasteiger partial charge in [-0.05, 0) is 42.0 Å². The monoisotopic (exact) mass is 460 g/mol. The Labute approximate surface area is 183 Å². The van der Waals surface area contributed by atoms with E-state index in [4.69, 9.17) is 0 Å². The summed E-state index contributed by atoms with van der Waals surface area (Å²) < 4.78 is 69.4.